The standard InChI is InChI=1S/4C18H15P.C10H14NO.3C4H9.Pd.Sn/c4*1-4-10-16(11-5-1)19(17-12-6-2-7-13-17)18-14-8-3-9-15-18;1-4-10(12,8(2)3)9(7-11)5-6-9;3*1-3-4-2;;/h4*1-15H;1,4,8,12H,5-6H2,2-3H3;3*1,3-4H2,2H3;;. The molecule has 1 atom stereocenters. The molecule has 12 aromatic carbocycles. The predicted octanol–water partition coefficient (Wildman–Crippen LogP) is 20.4. The Morgan fingerprint density at radius 2 is 0.490 bits per heavy atom. The van der Waals surface area contributed by atoms with Crippen LogP contribution in [0.25, 0.3) is 0 Å². The largest absolute Gasteiger partial charge is 0.0622 e. The number of hydrogen-bond acceptors (Lipinski definition) is 2. The molecule has 0 saturated heterocycles. The first-order valence-corrected chi connectivity index (χ1v) is 49.4. The summed E-state index contributed by atoms with van der Waals surface area (Å²) in [4.78, 5) is 0. The molecule has 8 heteroatoms. The van der Waals surface area contributed by atoms with E-state index in [-0.39, 0.29) is 26.3 Å². The van der Waals surface area contributed by atoms with Gasteiger partial charge in [-0.2, -0.15) is 0 Å². The van der Waals surface area contributed by atoms with Crippen LogP contribution in [0.3, 0.4) is 0 Å². The van der Waals surface area contributed by atoms with Gasteiger partial charge >= 0.3 is 161 Å². The molecule has 2 nitrogen and oxygen atoms in total. The van der Waals surface area contributed by atoms with Crippen molar-refractivity contribution in [3.8, 4) is 6.07 Å². The first kappa shape index (κ1) is 80.7. The van der Waals surface area contributed by atoms with E-state index >= 15 is 0 Å². The van der Waals surface area contributed by atoms with Gasteiger partial charge in [-0.15, -0.1) is 0 Å². The van der Waals surface area contributed by atoms with Gasteiger partial charge < -0.3 is 0 Å². The van der Waals surface area contributed by atoms with Gasteiger partial charge in [0.25, 0.3) is 0 Å². The molecule has 522 valence electrons. The van der Waals surface area contributed by atoms with E-state index in [2.05, 4.69) is 415 Å². The number of nitrogens with zero attached hydrogens (tertiary/aromatic N) is 1. The molecular weight excluding hydrogens is 1510 g/mol. The van der Waals surface area contributed by atoms with E-state index in [0.717, 1.165) is 12.8 Å². The average Bonchev–Trinajstić information content (AvgIpc) is 1.58. The number of rotatable bonds is 25. The van der Waals surface area contributed by atoms with Crippen molar-refractivity contribution >= 4 is 114 Å². The first-order chi connectivity index (χ1) is 49.6. The molecule has 0 aromatic heterocycles. The topological polar surface area (TPSA) is 44.0 Å². The molecule has 1 aliphatic carbocycles. The second kappa shape index (κ2) is 44.0. The Morgan fingerprint density at radius 1 is 0.333 bits per heavy atom. The molecule has 0 heterocycles. The predicted molar refractivity (Wildman–Crippen MR) is 452 cm³/mol. The van der Waals surface area contributed by atoms with Crippen LogP contribution < -0.4 is 63.7 Å². The van der Waals surface area contributed by atoms with Gasteiger partial charge in [-0.1, -0.05) is 364 Å². The van der Waals surface area contributed by atoms with Gasteiger partial charge in [-0.05, 0) is 95.3 Å². The molecule has 1 unspecified atom stereocenters. The second-order valence-electron chi connectivity index (χ2n) is 26.0. The number of aliphatic hydroxyl groups is 1. The van der Waals surface area contributed by atoms with E-state index in [1.54, 1.807) is 0 Å². The molecule has 1 aliphatic rings. The van der Waals surface area contributed by atoms with Crippen LogP contribution in [0.4, 0.5) is 0 Å². The molecular formula is C94H101NOP4PdSn. The van der Waals surface area contributed by atoms with Crippen LogP contribution in [0.2, 0.25) is 13.3 Å². The van der Waals surface area contributed by atoms with Crippen molar-refractivity contribution in [3.63, 3.8) is 0 Å². The summed E-state index contributed by atoms with van der Waals surface area (Å²) in [5.41, 5.74) is -1.45. The summed E-state index contributed by atoms with van der Waals surface area (Å²) in [6.07, 6.45) is 11.6. The average molecular weight is 1610 g/mol. The number of unbranched alkanes of at least 4 members (excludes halogenated alkanes) is 3. The summed E-state index contributed by atoms with van der Waals surface area (Å²) in [5, 5.41) is 37.9. The van der Waals surface area contributed by atoms with Gasteiger partial charge in [0.2, 0.25) is 0 Å². The minimum absolute atomic E-state index is 0. The summed E-state index contributed by atoms with van der Waals surface area (Å²) in [5.74, 6) is 0.0958. The Morgan fingerprint density at radius 3 is 0.608 bits per heavy atom. The zero-order chi connectivity index (χ0) is 70.6. The normalized spacial score (nSPS) is 12.6. The van der Waals surface area contributed by atoms with Gasteiger partial charge in [-0.25, -0.2) is 0 Å². The van der Waals surface area contributed by atoms with Gasteiger partial charge in [0, 0.05) is 20.4 Å². The van der Waals surface area contributed by atoms with E-state index in [0.29, 0.717) is 0 Å². The van der Waals surface area contributed by atoms with Crippen molar-refractivity contribution in [2.75, 3.05) is 0 Å². The van der Waals surface area contributed by atoms with Crippen molar-refractivity contribution in [2.24, 2.45) is 11.3 Å². The molecule has 0 spiro atoms. The smallest absolute Gasteiger partial charge is 0 e. The number of hydrogen-bond donors (Lipinski definition) is 1. The quantitative estimate of drug-likeness (QED) is 0.0458. The molecule has 0 radical (unpaired) electrons. The zero-order valence-electron chi connectivity index (χ0n) is 60.2. The minimum Gasteiger partial charge on any atom is -0.0622 e. The molecule has 0 aliphatic heterocycles. The molecule has 13 rings (SSSR count). The van der Waals surface area contributed by atoms with Crippen LogP contribution in [-0.4, -0.2) is 29.1 Å². The Kier molecular flexibility index (Phi) is 34.8. The second-order valence-corrected chi connectivity index (χ2v) is 47.9. The zero-order valence-corrected chi connectivity index (χ0v) is 68.1. The summed E-state index contributed by atoms with van der Waals surface area (Å²) >= 11 is -2.41. The monoisotopic (exact) mass is 1610 g/mol. The van der Waals surface area contributed by atoms with Crippen molar-refractivity contribution in [1.29, 1.82) is 5.26 Å². The fourth-order valence-electron chi connectivity index (χ4n) is 12.9. The number of benzene rings is 12. The van der Waals surface area contributed by atoms with E-state index in [1.807, 2.05) is 0 Å². The molecule has 12 aromatic rings. The summed E-state index contributed by atoms with van der Waals surface area (Å²) in [6, 6.07) is 132. The Balaban J connectivity index is 0.000000162. The van der Waals surface area contributed by atoms with E-state index in [4.69, 9.17) is 0 Å². The van der Waals surface area contributed by atoms with Crippen LogP contribution in [0.5, 0.6) is 0 Å². The Bertz CT molecular complexity index is 3370. The SMILES string of the molecule is CCC[CH2][Sn](/[CH]=C/C(O)(C(C)C)C1(C#N)CC1)([CH2]CCC)[CH2]CCC.[Pd].c1ccc(P(c2ccccc2)c2ccccc2)cc1.c1ccc(P(c2ccccc2)c2ccccc2)cc1.c1ccc(P(c2ccccc2)c2ccccc2)cc1.c1ccc(P(c2ccccc2)c2ccccc2)cc1. The van der Waals surface area contributed by atoms with Crippen LogP contribution in [-0.2, 0) is 20.4 Å². The molecule has 1 saturated carbocycles. The van der Waals surface area contributed by atoms with E-state index in [1.165, 1.54) is 115 Å². The maximum absolute atomic E-state index is 11.4. The number of nitriles is 1. The van der Waals surface area contributed by atoms with E-state index in [9.17, 15) is 10.4 Å². The molecule has 1 fully saturated rings. The molecule has 102 heavy (non-hydrogen) atoms. The minimum atomic E-state index is -2.41. The maximum atomic E-state index is 11.4. The third-order valence-electron chi connectivity index (χ3n) is 18.6. The summed E-state index contributed by atoms with van der Waals surface area (Å²) < 4.78 is 6.79. The third kappa shape index (κ3) is 23.8. The fourth-order valence-corrected chi connectivity index (χ4v) is 36.4. The van der Waals surface area contributed by atoms with Crippen LogP contribution in [0.15, 0.2) is 374 Å². The fraction of sp³-hybridized carbons (Fsp3) is 0.202. The third-order valence-corrected chi connectivity index (χ3v) is 42.4. The van der Waals surface area contributed by atoms with Crippen molar-refractivity contribution in [3.05, 3.63) is 374 Å². The van der Waals surface area contributed by atoms with Crippen LogP contribution >= 0.6 is 31.7 Å². The maximum Gasteiger partial charge on any atom is 0 e. The van der Waals surface area contributed by atoms with Gasteiger partial charge in [0.05, 0.1) is 0 Å². The van der Waals surface area contributed by atoms with E-state index < -0.39 is 61.1 Å². The van der Waals surface area contributed by atoms with Gasteiger partial charge in [-0.3, -0.25) is 0 Å². The molecule has 0 bridgehead atoms. The van der Waals surface area contributed by atoms with Crippen molar-refractivity contribution in [1.82, 2.24) is 0 Å². The molecule has 1 N–H and O–H groups in total. The van der Waals surface area contributed by atoms with Crippen LogP contribution in [0.1, 0.15) is 86.0 Å². The molecule has 0 amide bonds. The Labute approximate surface area is 635 Å². The van der Waals surface area contributed by atoms with Gasteiger partial charge in [0.1, 0.15) is 0 Å². The Hall–Kier alpha value is -6.99. The van der Waals surface area contributed by atoms with Crippen molar-refractivity contribution in [2.45, 2.75) is 105 Å². The first-order valence-electron chi connectivity index (χ1n) is 36.3. The van der Waals surface area contributed by atoms with Crippen molar-refractivity contribution < 1.29 is 25.5 Å². The summed E-state index contributed by atoms with van der Waals surface area (Å²) in [6.45, 7) is 11.0. The van der Waals surface area contributed by atoms with Crippen LogP contribution in [0, 0.1) is 22.7 Å². The summed E-state index contributed by atoms with van der Waals surface area (Å²) in [7, 11) is -1.78. The van der Waals surface area contributed by atoms with Gasteiger partial charge in [0.15, 0.2) is 0 Å².